The van der Waals surface area contributed by atoms with E-state index in [0.717, 1.165) is 0 Å². The molecule has 0 bridgehead atoms. The van der Waals surface area contributed by atoms with E-state index in [0.29, 0.717) is 11.3 Å². The number of carbonyl (C=O) groups excluding carboxylic acids is 1. The Labute approximate surface area is 114 Å². The van der Waals surface area contributed by atoms with E-state index in [1.54, 1.807) is 18.2 Å². The number of nitrogen functional groups attached to an aromatic ring is 1. The lowest BCUT2D eigenvalue weighted by Gasteiger charge is -2.03. The molecule has 0 fully saturated rings. The molecule has 2 aromatic carbocycles. The third kappa shape index (κ3) is 3.65. The highest BCUT2D eigenvalue weighted by atomic mass is 19.1. The van der Waals surface area contributed by atoms with Gasteiger partial charge in [0, 0.05) is 11.8 Å². The molecule has 0 aromatic heterocycles. The van der Waals surface area contributed by atoms with Gasteiger partial charge in [-0.3, -0.25) is 4.79 Å². The summed E-state index contributed by atoms with van der Waals surface area (Å²) in [6.07, 6.45) is 2.84. The molecule has 0 atom stereocenters. The summed E-state index contributed by atoms with van der Waals surface area (Å²) in [5.74, 6) is -1.27. The summed E-state index contributed by atoms with van der Waals surface area (Å²) < 4.78 is 25.7. The lowest BCUT2D eigenvalue weighted by molar-refractivity contribution is -0.111. The van der Waals surface area contributed by atoms with Gasteiger partial charge in [-0.15, -0.1) is 0 Å². The molecule has 2 rings (SSSR count). The number of benzene rings is 2. The Kier molecular flexibility index (Phi) is 4.10. The van der Waals surface area contributed by atoms with Crippen molar-refractivity contribution in [1.82, 2.24) is 0 Å². The molecule has 0 heterocycles. The fourth-order valence-corrected chi connectivity index (χ4v) is 1.55. The molecular formula is C15H12F2N2O. The molecule has 1 amide bonds. The Morgan fingerprint density at radius 3 is 2.45 bits per heavy atom. The van der Waals surface area contributed by atoms with Crippen molar-refractivity contribution in [2.75, 3.05) is 11.1 Å². The van der Waals surface area contributed by atoms with E-state index >= 15 is 0 Å². The van der Waals surface area contributed by atoms with Crippen LogP contribution in [0.2, 0.25) is 0 Å². The number of amides is 1. The van der Waals surface area contributed by atoms with Crippen LogP contribution in [0.3, 0.4) is 0 Å². The summed E-state index contributed by atoms with van der Waals surface area (Å²) in [4.78, 5) is 11.6. The predicted molar refractivity (Wildman–Crippen MR) is 74.9 cm³/mol. The molecule has 5 heteroatoms. The molecule has 0 aliphatic rings. The van der Waals surface area contributed by atoms with Crippen molar-refractivity contribution < 1.29 is 13.6 Å². The van der Waals surface area contributed by atoms with Crippen LogP contribution >= 0.6 is 0 Å². The molecule has 0 radical (unpaired) electrons. The van der Waals surface area contributed by atoms with Crippen LogP contribution in [-0.2, 0) is 4.79 Å². The van der Waals surface area contributed by atoms with E-state index in [4.69, 9.17) is 5.73 Å². The maximum absolute atomic E-state index is 13.0. The van der Waals surface area contributed by atoms with Crippen LogP contribution < -0.4 is 11.1 Å². The standard InChI is InChI=1S/C15H12F2N2O/c16-11-4-1-10(2-5-11)3-8-15(20)19-12-6-7-13(17)14(18)9-12/h1-9H,18H2,(H,19,20). The lowest BCUT2D eigenvalue weighted by atomic mass is 10.2. The van der Waals surface area contributed by atoms with Crippen LogP contribution in [-0.4, -0.2) is 5.91 Å². The third-order valence-electron chi connectivity index (χ3n) is 2.56. The van der Waals surface area contributed by atoms with Gasteiger partial charge in [0.2, 0.25) is 5.91 Å². The maximum Gasteiger partial charge on any atom is 0.248 e. The molecule has 0 spiro atoms. The van der Waals surface area contributed by atoms with Crippen LogP contribution in [0.25, 0.3) is 6.08 Å². The predicted octanol–water partition coefficient (Wildman–Crippen LogP) is 3.20. The topological polar surface area (TPSA) is 55.1 Å². The zero-order valence-corrected chi connectivity index (χ0v) is 10.4. The second kappa shape index (κ2) is 5.97. The molecular weight excluding hydrogens is 262 g/mol. The third-order valence-corrected chi connectivity index (χ3v) is 2.56. The van der Waals surface area contributed by atoms with Gasteiger partial charge in [0.05, 0.1) is 5.69 Å². The minimum Gasteiger partial charge on any atom is -0.396 e. The molecule has 3 N–H and O–H groups in total. The van der Waals surface area contributed by atoms with Crippen LogP contribution in [0.15, 0.2) is 48.5 Å². The summed E-state index contributed by atoms with van der Waals surface area (Å²) in [7, 11) is 0. The van der Waals surface area contributed by atoms with Crippen molar-refractivity contribution in [2.24, 2.45) is 0 Å². The highest BCUT2D eigenvalue weighted by Gasteiger charge is 2.02. The Bertz CT molecular complexity index is 651. The summed E-state index contributed by atoms with van der Waals surface area (Å²) in [6.45, 7) is 0. The first-order chi connectivity index (χ1) is 9.54. The van der Waals surface area contributed by atoms with E-state index < -0.39 is 5.82 Å². The minimum atomic E-state index is -0.537. The summed E-state index contributed by atoms with van der Waals surface area (Å²) in [6, 6.07) is 9.63. The van der Waals surface area contributed by atoms with Gasteiger partial charge in [-0.05, 0) is 42.0 Å². The molecule has 3 nitrogen and oxygen atoms in total. The van der Waals surface area contributed by atoms with Crippen LogP contribution in [0.1, 0.15) is 5.56 Å². The SMILES string of the molecule is Nc1cc(NC(=O)C=Cc2ccc(F)cc2)ccc1F. The Hall–Kier alpha value is -2.69. The largest absolute Gasteiger partial charge is 0.396 e. The monoisotopic (exact) mass is 274 g/mol. The van der Waals surface area contributed by atoms with E-state index in [2.05, 4.69) is 5.32 Å². The van der Waals surface area contributed by atoms with E-state index in [-0.39, 0.29) is 17.4 Å². The van der Waals surface area contributed by atoms with Gasteiger partial charge in [-0.25, -0.2) is 8.78 Å². The van der Waals surface area contributed by atoms with E-state index in [1.807, 2.05) is 0 Å². The molecule has 0 unspecified atom stereocenters. The molecule has 2 aromatic rings. The average Bonchev–Trinajstić information content (AvgIpc) is 2.42. The molecule has 0 saturated carbocycles. The van der Waals surface area contributed by atoms with Crippen LogP contribution in [0.4, 0.5) is 20.2 Å². The van der Waals surface area contributed by atoms with Gasteiger partial charge in [0.25, 0.3) is 0 Å². The Morgan fingerprint density at radius 2 is 1.80 bits per heavy atom. The first kappa shape index (κ1) is 13.7. The van der Waals surface area contributed by atoms with Crippen molar-refractivity contribution in [1.29, 1.82) is 0 Å². The number of anilines is 2. The average molecular weight is 274 g/mol. The molecule has 0 saturated heterocycles. The fourth-order valence-electron chi connectivity index (χ4n) is 1.55. The Balaban J connectivity index is 2.01. The number of hydrogen-bond donors (Lipinski definition) is 2. The Morgan fingerprint density at radius 1 is 1.10 bits per heavy atom. The highest BCUT2D eigenvalue weighted by molar-refractivity contribution is 6.02. The maximum atomic E-state index is 13.0. The lowest BCUT2D eigenvalue weighted by Crippen LogP contribution is -2.08. The minimum absolute atomic E-state index is 0.0367. The highest BCUT2D eigenvalue weighted by Crippen LogP contribution is 2.16. The zero-order valence-electron chi connectivity index (χ0n) is 10.4. The van der Waals surface area contributed by atoms with Gasteiger partial charge < -0.3 is 11.1 Å². The van der Waals surface area contributed by atoms with Gasteiger partial charge >= 0.3 is 0 Å². The molecule has 0 aliphatic carbocycles. The first-order valence-electron chi connectivity index (χ1n) is 5.84. The number of nitrogens with two attached hydrogens (primary N) is 1. The number of carbonyl (C=O) groups is 1. The van der Waals surface area contributed by atoms with Crippen molar-refractivity contribution in [2.45, 2.75) is 0 Å². The molecule has 0 aliphatic heterocycles. The van der Waals surface area contributed by atoms with Crippen molar-refractivity contribution >= 4 is 23.4 Å². The summed E-state index contributed by atoms with van der Waals surface area (Å²) in [5, 5.41) is 2.55. The van der Waals surface area contributed by atoms with Gasteiger partial charge in [0.1, 0.15) is 11.6 Å². The van der Waals surface area contributed by atoms with Crippen LogP contribution in [0.5, 0.6) is 0 Å². The van der Waals surface area contributed by atoms with Gasteiger partial charge in [0.15, 0.2) is 0 Å². The van der Waals surface area contributed by atoms with Crippen LogP contribution in [0, 0.1) is 11.6 Å². The first-order valence-corrected chi connectivity index (χ1v) is 5.84. The molecule has 20 heavy (non-hydrogen) atoms. The van der Waals surface area contributed by atoms with Crippen molar-refractivity contribution in [3.63, 3.8) is 0 Å². The smallest absolute Gasteiger partial charge is 0.248 e. The second-order valence-electron chi connectivity index (χ2n) is 4.11. The van der Waals surface area contributed by atoms with E-state index in [9.17, 15) is 13.6 Å². The second-order valence-corrected chi connectivity index (χ2v) is 4.11. The number of hydrogen-bond acceptors (Lipinski definition) is 2. The summed E-state index contributed by atoms with van der Waals surface area (Å²) >= 11 is 0. The van der Waals surface area contributed by atoms with Crippen molar-refractivity contribution in [3.05, 3.63) is 65.7 Å². The normalized spacial score (nSPS) is 10.7. The quantitative estimate of drug-likeness (QED) is 0.667. The summed E-state index contributed by atoms with van der Waals surface area (Å²) in [5.41, 5.74) is 6.45. The van der Waals surface area contributed by atoms with Crippen molar-refractivity contribution in [3.8, 4) is 0 Å². The van der Waals surface area contributed by atoms with Gasteiger partial charge in [-0.2, -0.15) is 0 Å². The zero-order chi connectivity index (χ0) is 14.5. The fraction of sp³-hybridized carbons (Fsp3) is 0. The van der Waals surface area contributed by atoms with Gasteiger partial charge in [-0.1, -0.05) is 12.1 Å². The number of halogens is 2. The molecule has 102 valence electrons. The van der Waals surface area contributed by atoms with E-state index in [1.165, 1.54) is 36.4 Å². The number of nitrogens with one attached hydrogen (secondary N) is 1. The number of rotatable bonds is 3.